The Bertz CT molecular complexity index is 1590. The van der Waals surface area contributed by atoms with E-state index in [1.165, 1.54) is 6.08 Å². The minimum absolute atomic E-state index is 0.355. The molecule has 7 nitrogen and oxygen atoms in total. The van der Waals surface area contributed by atoms with Gasteiger partial charge in [-0.3, -0.25) is 4.57 Å². The van der Waals surface area contributed by atoms with E-state index in [2.05, 4.69) is 17.4 Å². The fourth-order valence-corrected chi connectivity index (χ4v) is 4.24. The lowest BCUT2D eigenvalue weighted by molar-refractivity contribution is 0.419. The van der Waals surface area contributed by atoms with E-state index in [4.69, 9.17) is 25.7 Å². The Hall–Kier alpha value is -4.67. The van der Waals surface area contributed by atoms with Gasteiger partial charge >= 0.3 is 0 Å². The highest BCUT2D eigenvalue weighted by atomic mass is 16.5. The smallest absolute Gasteiger partial charge is 0.237 e. The van der Waals surface area contributed by atoms with Gasteiger partial charge in [0.2, 0.25) is 5.95 Å². The molecule has 0 unspecified atom stereocenters. The molecule has 35 heavy (non-hydrogen) atoms. The van der Waals surface area contributed by atoms with Crippen LogP contribution in [-0.2, 0) is 13.1 Å². The van der Waals surface area contributed by atoms with Gasteiger partial charge in [0.05, 0.1) is 18.7 Å². The van der Waals surface area contributed by atoms with Crippen molar-refractivity contribution in [2.45, 2.75) is 13.1 Å². The van der Waals surface area contributed by atoms with Crippen LogP contribution in [0.2, 0.25) is 0 Å². The number of anilines is 1. The quantitative estimate of drug-likeness (QED) is 0.324. The van der Waals surface area contributed by atoms with Crippen LogP contribution in [-0.4, -0.2) is 21.6 Å². The Labute approximate surface area is 203 Å². The second kappa shape index (κ2) is 9.67. The number of allylic oxidation sites excluding steroid dienone is 1. The van der Waals surface area contributed by atoms with Gasteiger partial charge in [-0.05, 0) is 47.5 Å². The molecule has 0 spiro atoms. The Kier molecular flexibility index (Phi) is 6.12. The minimum Gasteiger partial charge on any atom is -0.494 e. The van der Waals surface area contributed by atoms with E-state index in [9.17, 15) is 0 Å². The van der Waals surface area contributed by atoms with Gasteiger partial charge in [0.25, 0.3) is 0 Å². The fraction of sp³-hybridized carbons (Fsp3) is 0.107. The standard InChI is InChI=1S/C28H24N6O/c1-35-25-13-5-11-23-26(25)32-28(34-22(17-30)16-21-10-2-3-12-24(21)34)33-27(23)31-18-20-8-4-7-19(15-20)9-6-14-29/h2-13,15-16H,17-18,30H2,1H3,(H,31,32,33)/b9-6+. The minimum atomic E-state index is 0.355. The second-order valence-electron chi connectivity index (χ2n) is 8.02. The van der Waals surface area contributed by atoms with Gasteiger partial charge in [0, 0.05) is 35.6 Å². The number of hydrogen-bond donors (Lipinski definition) is 2. The van der Waals surface area contributed by atoms with E-state index in [1.807, 2.05) is 71.3 Å². The second-order valence-corrected chi connectivity index (χ2v) is 8.02. The number of ether oxygens (including phenoxy) is 1. The van der Waals surface area contributed by atoms with Gasteiger partial charge in [-0.15, -0.1) is 0 Å². The summed E-state index contributed by atoms with van der Waals surface area (Å²) >= 11 is 0. The summed E-state index contributed by atoms with van der Waals surface area (Å²) in [7, 11) is 1.64. The SMILES string of the molecule is COc1cccc2c(NCc3cccc(/C=C/C#N)c3)nc(-n3c(CN)cc4ccccc43)nc12. The molecule has 3 N–H and O–H groups in total. The summed E-state index contributed by atoms with van der Waals surface area (Å²) in [6.07, 6.45) is 3.26. The molecule has 0 aliphatic heterocycles. The molecule has 0 aliphatic rings. The highest BCUT2D eigenvalue weighted by Crippen LogP contribution is 2.31. The number of para-hydroxylation sites is 2. The van der Waals surface area contributed by atoms with E-state index >= 15 is 0 Å². The van der Waals surface area contributed by atoms with Crippen LogP contribution in [0.5, 0.6) is 5.75 Å². The summed E-state index contributed by atoms with van der Waals surface area (Å²) in [5.74, 6) is 1.89. The molecule has 7 heteroatoms. The van der Waals surface area contributed by atoms with Gasteiger partial charge in [-0.1, -0.05) is 42.5 Å². The normalized spacial score (nSPS) is 11.2. The maximum atomic E-state index is 8.82. The number of benzene rings is 3. The monoisotopic (exact) mass is 460 g/mol. The molecule has 5 aromatic rings. The molecular weight excluding hydrogens is 436 g/mol. The summed E-state index contributed by atoms with van der Waals surface area (Å²) in [5.41, 5.74) is 10.8. The predicted octanol–water partition coefficient (Wildman–Crippen LogP) is 5.19. The zero-order chi connectivity index (χ0) is 24.2. The number of nitrogens with two attached hydrogens (primary N) is 1. The Morgan fingerprint density at radius 2 is 1.91 bits per heavy atom. The van der Waals surface area contributed by atoms with Crippen molar-refractivity contribution in [3.05, 3.63) is 95.7 Å². The fourth-order valence-electron chi connectivity index (χ4n) is 4.24. The third kappa shape index (κ3) is 4.31. The Balaban J connectivity index is 1.62. The highest BCUT2D eigenvalue weighted by molar-refractivity contribution is 5.94. The number of fused-ring (bicyclic) bond motifs is 2. The van der Waals surface area contributed by atoms with E-state index in [-0.39, 0.29) is 0 Å². The van der Waals surface area contributed by atoms with Crippen molar-refractivity contribution in [3.8, 4) is 17.8 Å². The van der Waals surface area contributed by atoms with Crippen molar-refractivity contribution < 1.29 is 4.74 Å². The molecule has 3 aromatic carbocycles. The summed E-state index contributed by atoms with van der Waals surface area (Å²) in [6, 6.07) is 26.0. The number of nitrogens with one attached hydrogen (secondary N) is 1. The first-order valence-electron chi connectivity index (χ1n) is 11.3. The van der Waals surface area contributed by atoms with Crippen molar-refractivity contribution in [3.63, 3.8) is 0 Å². The van der Waals surface area contributed by atoms with Crippen LogP contribution in [0.15, 0.2) is 78.9 Å². The van der Waals surface area contributed by atoms with Crippen molar-refractivity contribution >= 4 is 33.7 Å². The molecule has 2 aromatic heterocycles. The summed E-state index contributed by atoms with van der Waals surface area (Å²) in [6.45, 7) is 0.904. The molecule has 0 amide bonds. The maximum Gasteiger partial charge on any atom is 0.237 e. The summed E-state index contributed by atoms with van der Waals surface area (Å²) < 4.78 is 7.63. The molecule has 0 aliphatic carbocycles. The molecule has 2 heterocycles. The lowest BCUT2D eigenvalue weighted by Gasteiger charge is -2.15. The van der Waals surface area contributed by atoms with Gasteiger partial charge in [0.1, 0.15) is 17.1 Å². The lowest BCUT2D eigenvalue weighted by atomic mass is 10.1. The molecule has 0 fully saturated rings. The van der Waals surface area contributed by atoms with E-state index in [1.54, 1.807) is 13.2 Å². The molecule has 0 atom stereocenters. The van der Waals surface area contributed by atoms with Crippen LogP contribution >= 0.6 is 0 Å². The van der Waals surface area contributed by atoms with Crippen LogP contribution in [0.25, 0.3) is 33.8 Å². The number of nitriles is 1. The molecule has 5 rings (SSSR count). The van der Waals surface area contributed by atoms with Crippen LogP contribution < -0.4 is 15.8 Å². The van der Waals surface area contributed by atoms with E-state index in [0.717, 1.165) is 33.1 Å². The topological polar surface area (TPSA) is 102 Å². The number of nitrogens with zero attached hydrogens (tertiary/aromatic N) is 4. The Morgan fingerprint density at radius 3 is 2.74 bits per heavy atom. The van der Waals surface area contributed by atoms with E-state index < -0.39 is 0 Å². The Morgan fingerprint density at radius 1 is 1.06 bits per heavy atom. The molecular formula is C28H24N6O. The number of methoxy groups -OCH3 is 1. The number of aromatic nitrogens is 3. The first-order chi connectivity index (χ1) is 17.2. The summed E-state index contributed by atoms with van der Waals surface area (Å²) in [5, 5.41) is 14.2. The average Bonchev–Trinajstić information content (AvgIpc) is 3.29. The molecule has 172 valence electrons. The van der Waals surface area contributed by atoms with Crippen molar-refractivity contribution in [1.29, 1.82) is 5.26 Å². The number of hydrogen-bond acceptors (Lipinski definition) is 6. The molecule has 0 saturated carbocycles. The molecule has 0 radical (unpaired) electrons. The van der Waals surface area contributed by atoms with E-state index in [0.29, 0.717) is 36.1 Å². The third-order valence-electron chi connectivity index (χ3n) is 5.86. The van der Waals surface area contributed by atoms with Crippen LogP contribution in [0.4, 0.5) is 5.82 Å². The lowest BCUT2D eigenvalue weighted by Crippen LogP contribution is -2.11. The van der Waals surface area contributed by atoms with Crippen molar-refractivity contribution in [1.82, 2.24) is 14.5 Å². The van der Waals surface area contributed by atoms with Gasteiger partial charge in [-0.25, -0.2) is 4.98 Å². The third-order valence-corrected chi connectivity index (χ3v) is 5.86. The first kappa shape index (κ1) is 22.1. The molecule has 0 bridgehead atoms. The summed E-state index contributed by atoms with van der Waals surface area (Å²) in [4.78, 5) is 9.84. The van der Waals surface area contributed by atoms with Crippen LogP contribution in [0, 0.1) is 11.3 Å². The highest BCUT2D eigenvalue weighted by Gasteiger charge is 2.17. The van der Waals surface area contributed by atoms with Crippen molar-refractivity contribution in [2.75, 3.05) is 12.4 Å². The van der Waals surface area contributed by atoms with Crippen LogP contribution in [0.1, 0.15) is 16.8 Å². The number of rotatable bonds is 7. The van der Waals surface area contributed by atoms with Gasteiger partial charge < -0.3 is 15.8 Å². The van der Waals surface area contributed by atoms with Gasteiger partial charge in [0.15, 0.2) is 0 Å². The zero-order valence-corrected chi connectivity index (χ0v) is 19.3. The largest absolute Gasteiger partial charge is 0.494 e. The first-order valence-corrected chi connectivity index (χ1v) is 11.3. The average molecular weight is 461 g/mol. The van der Waals surface area contributed by atoms with Gasteiger partial charge in [-0.2, -0.15) is 10.2 Å². The van der Waals surface area contributed by atoms with Crippen LogP contribution in [0.3, 0.4) is 0 Å². The predicted molar refractivity (Wildman–Crippen MR) is 139 cm³/mol. The zero-order valence-electron chi connectivity index (χ0n) is 19.3. The molecule has 0 saturated heterocycles. The van der Waals surface area contributed by atoms with Crippen molar-refractivity contribution in [2.24, 2.45) is 5.73 Å². The maximum absolute atomic E-state index is 8.82.